The summed E-state index contributed by atoms with van der Waals surface area (Å²) in [6.45, 7) is 8.09. The lowest BCUT2D eigenvalue weighted by atomic mass is 9.92. The van der Waals surface area contributed by atoms with Gasteiger partial charge in [-0.3, -0.25) is 9.48 Å². The third-order valence-corrected chi connectivity index (χ3v) is 5.07. The number of hydrogen-bond acceptors (Lipinski definition) is 5. The summed E-state index contributed by atoms with van der Waals surface area (Å²) in [5.74, 6) is 1.02. The van der Waals surface area contributed by atoms with Crippen molar-refractivity contribution in [2.75, 3.05) is 23.3 Å². The quantitative estimate of drug-likeness (QED) is 0.755. The normalized spacial score (nSPS) is 14.6. The highest BCUT2D eigenvalue weighted by atomic mass is 16.2. The SMILES string of the molecule is Cn1nc(C(C)(C)C)cc1C(=O)Nc1nc2ccccc2nc1N1CCCC1. The second-order valence-electron chi connectivity index (χ2n) is 8.32. The van der Waals surface area contributed by atoms with Gasteiger partial charge in [0.25, 0.3) is 5.91 Å². The summed E-state index contributed by atoms with van der Waals surface area (Å²) in [5.41, 5.74) is 2.86. The molecule has 2 aromatic heterocycles. The molecule has 3 heterocycles. The third-order valence-electron chi connectivity index (χ3n) is 5.07. The topological polar surface area (TPSA) is 75.9 Å². The highest BCUT2D eigenvalue weighted by Gasteiger charge is 2.24. The number of anilines is 2. The van der Waals surface area contributed by atoms with Crippen molar-refractivity contribution < 1.29 is 4.79 Å². The summed E-state index contributed by atoms with van der Waals surface area (Å²) >= 11 is 0. The third kappa shape index (κ3) is 3.44. The fourth-order valence-corrected chi connectivity index (χ4v) is 3.44. The first-order valence-electron chi connectivity index (χ1n) is 9.70. The van der Waals surface area contributed by atoms with E-state index < -0.39 is 0 Å². The van der Waals surface area contributed by atoms with E-state index in [0.29, 0.717) is 11.5 Å². The lowest BCUT2D eigenvalue weighted by Crippen LogP contribution is -2.24. The van der Waals surface area contributed by atoms with Crippen LogP contribution in [0, 0.1) is 0 Å². The van der Waals surface area contributed by atoms with Gasteiger partial charge in [0, 0.05) is 25.6 Å². The fraction of sp³-hybridized carbons (Fsp3) is 0.429. The number of fused-ring (bicyclic) bond motifs is 1. The number of nitrogens with one attached hydrogen (secondary N) is 1. The summed E-state index contributed by atoms with van der Waals surface area (Å²) in [6.07, 6.45) is 2.25. The zero-order valence-electron chi connectivity index (χ0n) is 16.9. The predicted molar refractivity (Wildman–Crippen MR) is 111 cm³/mol. The average molecular weight is 378 g/mol. The van der Waals surface area contributed by atoms with Crippen LogP contribution in [0.25, 0.3) is 11.0 Å². The van der Waals surface area contributed by atoms with Gasteiger partial charge in [0.1, 0.15) is 5.69 Å². The molecule has 1 saturated heterocycles. The van der Waals surface area contributed by atoms with E-state index in [9.17, 15) is 4.79 Å². The van der Waals surface area contributed by atoms with Crippen molar-refractivity contribution in [1.29, 1.82) is 0 Å². The Balaban J connectivity index is 1.71. The molecular weight excluding hydrogens is 352 g/mol. The number of hydrogen-bond donors (Lipinski definition) is 1. The van der Waals surface area contributed by atoms with E-state index in [0.717, 1.165) is 48.5 Å². The molecule has 1 amide bonds. The van der Waals surface area contributed by atoms with Crippen molar-refractivity contribution in [3.63, 3.8) is 0 Å². The molecule has 0 saturated carbocycles. The summed E-state index contributed by atoms with van der Waals surface area (Å²) in [5, 5.41) is 7.49. The Bertz CT molecular complexity index is 1030. The van der Waals surface area contributed by atoms with Crippen LogP contribution in [0.1, 0.15) is 49.8 Å². The van der Waals surface area contributed by atoms with Crippen LogP contribution in [0.2, 0.25) is 0 Å². The molecule has 0 unspecified atom stereocenters. The van der Waals surface area contributed by atoms with E-state index in [1.807, 2.05) is 30.3 Å². The number of carbonyl (C=O) groups is 1. The number of nitrogens with zero attached hydrogens (tertiary/aromatic N) is 5. The molecule has 1 aliphatic heterocycles. The standard InChI is InChI=1S/C21H26N6O/c1-21(2,3)17-13-16(26(4)25-17)20(28)24-18-19(27-11-7-8-12-27)23-15-10-6-5-9-14(15)22-18/h5-6,9-10,13H,7-8,11-12H2,1-4H3,(H,22,24,28). The Kier molecular flexibility index (Phi) is 4.53. The molecule has 0 radical (unpaired) electrons. The molecule has 0 bridgehead atoms. The number of aryl methyl sites for hydroxylation is 1. The molecule has 146 valence electrons. The van der Waals surface area contributed by atoms with Crippen LogP contribution in [0.3, 0.4) is 0 Å². The Morgan fingerprint density at radius 3 is 2.32 bits per heavy atom. The average Bonchev–Trinajstić information content (AvgIpc) is 3.30. The van der Waals surface area contributed by atoms with Crippen LogP contribution in [0.4, 0.5) is 11.6 Å². The smallest absolute Gasteiger partial charge is 0.275 e. The van der Waals surface area contributed by atoms with Crippen molar-refractivity contribution in [2.24, 2.45) is 7.05 Å². The summed E-state index contributed by atoms with van der Waals surface area (Å²) < 4.78 is 1.62. The van der Waals surface area contributed by atoms with Crippen molar-refractivity contribution in [3.05, 3.63) is 41.7 Å². The molecule has 3 aromatic rings. The number of aromatic nitrogens is 4. The molecule has 1 fully saturated rings. The maximum Gasteiger partial charge on any atom is 0.275 e. The molecular formula is C21H26N6O. The number of carbonyl (C=O) groups excluding carboxylic acids is 1. The van der Waals surface area contributed by atoms with Gasteiger partial charge in [-0.1, -0.05) is 32.9 Å². The Morgan fingerprint density at radius 2 is 1.71 bits per heavy atom. The van der Waals surface area contributed by atoms with Crippen LogP contribution in [-0.2, 0) is 12.5 Å². The maximum atomic E-state index is 13.0. The first kappa shape index (κ1) is 18.4. The van der Waals surface area contributed by atoms with E-state index in [-0.39, 0.29) is 11.3 Å². The minimum atomic E-state index is -0.226. The monoisotopic (exact) mass is 378 g/mol. The Morgan fingerprint density at radius 1 is 1.07 bits per heavy atom. The van der Waals surface area contributed by atoms with Crippen molar-refractivity contribution in [2.45, 2.75) is 39.0 Å². The summed E-state index contributed by atoms with van der Waals surface area (Å²) in [4.78, 5) is 24.7. The molecule has 7 heteroatoms. The van der Waals surface area contributed by atoms with Gasteiger partial charge in [0.05, 0.1) is 16.7 Å². The van der Waals surface area contributed by atoms with Crippen LogP contribution in [-0.4, -0.2) is 38.7 Å². The highest BCUT2D eigenvalue weighted by molar-refractivity contribution is 6.04. The molecule has 28 heavy (non-hydrogen) atoms. The number of benzene rings is 1. The zero-order chi connectivity index (χ0) is 19.9. The van der Waals surface area contributed by atoms with Gasteiger partial charge in [-0.25, -0.2) is 9.97 Å². The first-order chi connectivity index (χ1) is 13.3. The summed E-state index contributed by atoms with van der Waals surface area (Å²) in [6, 6.07) is 9.58. The Hall–Kier alpha value is -2.96. The fourth-order valence-electron chi connectivity index (χ4n) is 3.44. The number of para-hydroxylation sites is 2. The van der Waals surface area contributed by atoms with Crippen molar-refractivity contribution in [3.8, 4) is 0 Å². The van der Waals surface area contributed by atoms with E-state index in [1.54, 1.807) is 11.7 Å². The Labute approximate surface area is 164 Å². The van der Waals surface area contributed by atoms with E-state index in [1.165, 1.54) is 0 Å². The van der Waals surface area contributed by atoms with Gasteiger partial charge < -0.3 is 10.2 Å². The lowest BCUT2D eigenvalue weighted by molar-refractivity contribution is 0.101. The molecule has 7 nitrogen and oxygen atoms in total. The van der Waals surface area contributed by atoms with Crippen molar-refractivity contribution in [1.82, 2.24) is 19.7 Å². The van der Waals surface area contributed by atoms with Gasteiger partial charge in [0.15, 0.2) is 11.6 Å². The molecule has 4 rings (SSSR count). The van der Waals surface area contributed by atoms with Gasteiger partial charge in [-0.05, 0) is 31.0 Å². The largest absolute Gasteiger partial charge is 0.354 e. The minimum Gasteiger partial charge on any atom is -0.354 e. The van der Waals surface area contributed by atoms with Crippen LogP contribution in [0.15, 0.2) is 30.3 Å². The van der Waals surface area contributed by atoms with E-state index >= 15 is 0 Å². The minimum absolute atomic E-state index is 0.125. The molecule has 1 N–H and O–H groups in total. The van der Waals surface area contributed by atoms with Gasteiger partial charge in [-0.2, -0.15) is 5.10 Å². The lowest BCUT2D eigenvalue weighted by Gasteiger charge is -2.20. The second kappa shape index (κ2) is 6.89. The number of rotatable bonds is 3. The second-order valence-corrected chi connectivity index (χ2v) is 8.32. The molecule has 0 spiro atoms. The van der Waals surface area contributed by atoms with E-state index in [2.05, 4.69) is 36.1 Å². The van der Waals surface area contributed by atoms with Gasteiger partial charge in [-0.15, -0.1) is 0 Å². The van der Waals surface area contributed by atoms with Crippen LogP contribution >= 0.6 is 0 Å². The van der Waals surface area contributed by atoms with Gasteiger partial charge in [0.2, 0.25) is 0 Å². The van der Waals surface area contributed by atoms with E-state index in [4.69, 9.17) is 9.97 Å². The van der Waals surface area contributed by atoms with Crippen molar-refractivity contribution >= 4 is 28.6 Å². The van der Waals surface area contributed by atoms with Gasteiger partial charge >= 0.3 is 0 Å². The number of amides is 1. The molecule has 0 atom stereocenters. The molecule has 0 aliphatic carbocycles. The van der Waals surface area contributed by atoms with Crippen LogP contribution in [0.5, 0.6) is 0 Å². The zero-order valence-corrected chi connectivity index (χ0v) is 16.9. The van der Waals surface area contributed by atoms with Crippen LogP contribution < -0.4 is 10.2 Å². The summed E-state index contributed by atoms with van der Waals surface area (Å²) in [7, 11) is 1.79. The highest BCUT2D eigenvalue weighted by Crippen LogP contribution is 2.28. The predicted octanol–water partition coefficient (Wildman–Crippen LogP) is 3.51. The maximum absolute atomic E-state index is 13.0. The molecule has 1 aliphatic rings. The molecule has 1 aromatic carbocycles. The first-order valence-corrected chi connectivity index (χ1v) is 9.70.